The molecule has 0 radical (unpaired) electrons. The molecule has 38 heavy (non-hydrogen) atoms. The number of ether oxygens (including phenoxy) is 3. The molecule has 0 aliphatic heterocycles. The molecule has 204 valence electrons. The van der Waals surface area contributed by atoms with Gasteiger partial charge in [0.25, 0.3) is 5.56 Å². The number of hydrogen-bond donors (Lipinski definition) is 2. The van der Waals surface area contributed by atoms with Crippen LogP contribution in [0.2, 0.25) is 0 Å². The van der Waals surface area contributed by atoms with Gasteiger partial charge in [-0.2, -0.15) is 0 Å². The molecule has 2 amide bonds. The van der Waals surface area contributed by atoms with E-state index < -0.39 is 0 Å². The van der Waals surface area contributed by atoms with Gasteiger partial charge in [-0.05, 0) is 42.7 Å². The Balaban J connectivity index is 1.56. The molecule has 0 aliphatic carbocycles. The molecule has 0 bridgehead atoms. The number of hydrogen-bond acceptors (Lipinski definition) is 8. The van der Waals surface area contributed by atoms with Crippen LogP contribution in [0.4, 0.5) is 0 Å². The summed E-state index contributed by atoms with van der Waals surface area (Å²) in [6.45, 7) is 1.62. The van der Waals surface area contributed by atoms with Gasteiger partial charge in [0.15, 0.2) is 16.7 Å². The van der Waals surface area contributed by atoms with Crippen molar-refractivity contribution in [3.8, 4) is 11.5 Å². The number of nitrogens with one attached hydrogen (secondary N) is 2. The third kappa shape index (κ3) is 8.22. The summed E-state index contributed by atoms with van der Waals surface area (Å²) < 4.78 is 17.1. The van der Waals surface area contributed by atoms with Crippen LogP contribution in [-0.4, -0.2) is 68.1 Å². The Morgan fingerprint density at radius 3 is 2.50 bits per heavy atom. The van der Waals surface area contributed by atoms with Crippen molar-refractivity contribution in [2.75, 3.05) is 46.8 Å². The monoisotopic (exact) mass is 542 g/mol. The number of rotatable bonds is 15. The Hall–Kier alpha value is -3.57. The van der Waals surface area contributed by atoms with E-state index in [2.05, 4.69) is 15.6 Å². The van der Waals surface area contributed by atoms with Gasteiger partial charge in [-0.15, -0.1) is 0 Å². The second-order valence-corrected chi connectivity index (χ2v) is 9.34. The zero-order chi connectivity index (χ0) is 27.3. The Kier molecular flexibility index (Phi) is 11.4. The van der Waals surface area contributed by atoms with Crippen molar-refractivity contribution in [1.29, 1.82) is 0 Å². The number of aromatic nitrogens is 2. The standard InChI is InChI=1S/C27H34N4O6S/c1-35-16-14-29-25(33)18-38-27-30-21-8-5-4-7-20(21)26(34)31(27)15-6-9-24(32)28-13-12-19-10-11-22(36-2)23(17-19)37-3/h4-5,7-8,10-11,17H,6,9,12-16,18H2,1-3H3,(H,28,32)(H,29,33). The summed E-state index contributed by atoms with van der Waals surface area (Å²) in [6, 6.07) is 12.8. The van der Waals surface area contributed by atoms with Gasteiger partial charge in [0.1, 0.15) is 0 Å². The molecule has 0 unspecified atom stereocenters. The number of methoxy groups -OCH3 is 3. The van der Waals surface area contributed by atoms with Crippen LogP contribution < -0.4 is 25.7 Å². The lowest BCUT2D eigenvalue weighted by Gasteiger charge is -2.13. The van der Waals surface area contributed by atoms with Crippen molar-refractivity contribution in [3.63, 3.8) is 0 Å². The fourth-order valence-corrected chi connectivity index (χ4v) is 4.65. The first-order valence-electron chi connectivity index (χ1n) is 12.3. The summed E-state index contributed by atoms with van der Waals surface area (Å²) in [5.41, 5.74) is 1.40. The van der Waals surface area contributed by atoms with Gasteiger partial charge in [-0.25, -0.2) is 4.98 Å². The molecule has 11 heteroatoms. The number of benzene rings is 2. The van der Waals surface area contributed by atoms with E-state index in [1.807, 2.05) is 24.3 Å². The molecule has 0 saturated carbocycles. The number of fused-ring (bicyclic) bond motifs is 1. The average molecular weight is 543 g/mol. The van der Waals surface area contributed by atoms with Crippen molar-refractivity contribution in [2.45, 2.75) is 31.0 Å². The molecule has 0 aliphatic rings. The Bertz CT molecular complexity index is 1300. The lowest BCUT2D eigenvalue weighted by Crippen LogP contribution is -2.29. The van der Waals surface area contributed by atoms with Crippen LogP contribution in [0, 0.1) is 0 Å². The van der Waals surface area contributed by atoms with Gasteiger partial charge in [-0.3, -0.25) is 19.0 Å². The number of para-hydroxylation sites is 1. The quantitative estimate of drug-likeness (QED) is 0.171. The third-order valence-corrected chi connectivity index (χ3v) is 6.73. The molecule has 1 heterocycles. The second-order valence-electron chi connectivity index (χ2n) is 8.39. The van der Waals surface area contributed by atoms with Crippen LogP contribution >= 0.6 is 11.8 Å². The molecular formula is C27H34N4O6S. The summed E-state index contributed by atoms with van der Waals surface area (Å²) in [6.07, 6.45) is 1.36. The van der Waals surface area contributed by atoms with Crippen molar-refractivity contribution >= 4 is 34.5 Å². The zero-order valence-corrected chi connectivity index (χ0v) is 22.8. The first-order chi connectivity index (χ1) is 18.5. The molecule has 2 N–H and O–H groups in total. The molecule has 0 spiro atoms. The maximum atomic E-state index is 13.2. The molecule has 1 aromatic heterocycles. The zero-order valence-electron chi connectivity index (χ0n) is 22.0. The van der Waals surface area contributed by atoms with Crippen LogP contribution in [0.15, 0.2) is 52.4 Å². The van der Waals surface area contributed by atoms with Crippen molar-refractivity contribution in [3.05, 3.63) is 58.4 Å². The largest absolute Gasteiger partial charge is 0.493 e. The number of amides is 2. The highest BCUT2D eigenvalue weighted by Gasteiger charge is 2.14. The maximum absolute atomic E-state index is 13.2. The molecule has 2 aromatic carbocycles. The van der Waals surface area contributed by atoms with Crippen molar-refractivity contribution in [1.82, 2.24) is 20.2 Å². The molecule has 10 nitrogen and oxygen atoms in total. The summed E-state index contributed by atoms with van der Waals surface area (Å²) in [7, 11) is 4.74. The topological polar surface area (TPSA) is 121 Å². The lowest BCUT2D eigenvalue weighted by atomic mass is 10.1. The molecular weight excluding hydrogens is 508 g/mol. The van der Waals surface area contributed by atoms with Gasteiger partial charge >= 0.3 is 0 Å². The highest BCUT2D eigenvalue weighted by Crippen LogP contribution is 2.27. The van der Waals surface area contributed by atoms with Gasteiger partial charge in [0.05, 0.1) is 37.5 Å². The summed E-state index contributed by atoms with van der Waals surface area (Å²) in [4.78, 5) is 42.4. The van der Waals surface area contributed by atoms with E-state index in [-0.39, 0.29) is 29.5 Å². The van der Waals surface area contributed by atoms with E-state index in [9.17, 15) is 14.4 Å². The summed E-state index contributed by atoms with van der Waals surface area (Å²) in [5, 5.41) is 6.63. The minimum Gasteiger partial charge on any atom is -0.493 e. The fraction of sp³-hybridized carbons (Fsp3) is 0.407. The number of carbonyl (C=O) groups excluding carboxylic acids is 2. The number of nitrogens with zero attached hydrogens (tertiary/aromatic N) is 2. The lowest BCUT2D eigenvalue weighted by molar-refractivity contribution is -0.121. The van der Waals surface area contributed by atoms with E-state index in [1.54, 1.807) is 44.1 Å². The first kappa shape index (κ1) is 29.0. The fourth-order valence-electron chi connectivity index (χ4n) is 3.80. The van der Waals surface area contributed by atoms with Crippen LogP contribution in [-0.2, 0) is 27.3 Å². The first-order valence-corrected chi connectivity index (χ1v) is 13.3. The van der Waals surface area contributed by atoms with E-state index in [1.165, 1.54) is 11.8 Å². The van der Waals surface area contributed by atoms with Crippen LogP contribution in [0.25, 0.3) is 10.9 Å². The van der Waals surface area contributed by atoms with Crippen molar-refractivity contribution in [2.24, 2.45) is 0 Å². The number of carbonyl (C=O) groups is 2. The van der Waals surface area contributed by atoms with Crippen LogP contribution in [0.5, 0.6) is 11.5 Å². The molecule has 0 saturated heterocycles. The summed E-state index contributed by atoms with van der Waals surface area (Å²) in [5.74, 6) is 1.15. The van der Waals surface area contributed by atoms with E-state index in [4.69, 9.17) is 14.2 Å². The Morgan fingerprint density at radius 1 is 0.974 bits per heavy atom. The minimum absolute atomic E-state index is 0.0982. The van der Waals surface area contributed by atoms with Gasteiger partial charge < -0.3 is 24.8 Å². The van der Waals surface area contributed by atoms with Crippen LogP contribution in [0.1, 0.15) is 18.4 Å². The average Bonchev–Trinajstić information content (AvgIpc) is 2.93. The molecule has 0 atom stereocenters. The highest BCUT2D eigenvalue weighted by atomic mass is 32.2. The third-order valence-electron chi connectivity index (χ3n) is 5.76. The van der Waals surface area contributed by atoms with Gasteiger partial charge in [0.2, 0.25) is 11.8 Å². The Morgan fingerprint density at radius 2 is 1.74 bits per heavy atom. The predicted octanol–water partition coefficient (Wildman–Crippen LogP) is 2.41. The summed E-state index contributed by atoms with van der Waals surface area (Å²) >= 11 is 1.20. The van der Waals surface area contributed by atoms with E-state index in [0.717, 1.165) is 5.56 Å². The SMILES string of the molecule is COCCNC(=O)CSc1nc2ccccc2c(=O)n1CCCC(=O)NCCc1ccc(OC)c(OC)c1. The minimum atomic E-state index is -0.188. The predicted molar refractivity (Wildman–Crippen MR) is 147 cm³/mol. The van der Waals surface area contributed by atoms with E-state index in [0.29, 0.717) is 66.6 Å². The van der Waals surface area contributed by atoms with E-state index >= 15 is 0 Å². The maximum Gasteiger partial charge on any atom is 0.262 e. The number of thioether (sulfide) groups is 1. The molecule has 0 fully saturated rings. The smallest absolute Gasteiger partial charge is 0.262 e. The Labute approximate surface area is 226 Å². The highest BCUT2D eigenvalue weighted by molar-refractivity contribution is 7.99. The second kappa shape index (κ2) is 15.0. The molecule has 3 aromatic rings. The normalized spacial score (nSPS) is 10.8. The van der Waals surface area contributed by atoms with Gasteiger partial charge in [-0.1, -0.05) is 30.0 Å². The van der Waals surface area contributed by atoms with Crippen LogP contribution in [0.3, 0.4) is 0 Å². The van der Waals surface area contributed by atoms with Crippen molar-refractivity contribution < 1.29 is 23.8 Å². The van der Waals surface area contributed by atoms with Gasteiger partial charge in [0, 0.05) is 33.2 Å². The molecule has 3 rings (SSSR count).